The van der Waals surface area contributed by atoms with Gasteiger partial charge in [-0.15, -0.1) is 0 Å². The monoisotopic (exact) mass is 422 g/mol. The highest BCUT2D eigenvalue weighted by atomic mass is 19.1. The van der Waals surface area contributed by atoms with Gasteiger partial charge in [-0.25, -0.2) is 18.7 Å². The number of piperidine rings is 1. The van der Waals surface area contributed by atoms with Gasteiger partial charge in [-0.2, -0.15) is 0 Å². The number of benzene rings is 1. The van der Waals surface area contributed by atoms with Crippen LogP contribution >= 0.6 is 0 Å². The normalized spacial score (nSPS) is 15.0. The number of hydrogen-bond donors (Lipinski definition) is 3. The number of aliphatic hydroxyl groups excluding tert-OH is 2. The van der Waals surface area contributed by atoms with Gasteiger partial charge in [0.05, 0.1) is 18.0 Å². The van der Waals surface area contributed by atoms with Crippen molar-refractivity contribution in [3.8, 4) is 5.75 Å². The van der Waals surface area contributed by atoms with Gasteiger partial charge in [-0.3, -0.25) is 0 Å². The highest BCUT2D eigenvalue weighted by Gasteiger charge is 2.26. The molecule has 0 amide bonds. The molecule has 3 N–H and O–H groups in total. The fraction of sp³-hybridized carbons (Fsp3) is 0.524. The van der Waals surface area contributed by atoms with Crippen molar-refractivity contribution in [1.29, 1.82) is 0 Å². The van der Waals surface area contributed by atoms with Crippen LogP contribution in [0.2, 0.25) is 0 Å². The molecule has 1 saturated heterocycles. The Morgan fingerprint density at radius 2 is 1.90 bits per heavy atom. The first-order valence-electron chi connectivity index (χ1n) is 10.2. The minimum atomic E-state index is -0.709. The lowest BCUT2D eigenvalue weighted by Crippen LogP contribution is -2.39. The zero-order valence-corrected chi connectivity index (χ0v) is 17.2. The highest BCUT2D eigenvalue weighted by molar-refractivity contribution is 5.62. The molecule has 0 aliphatic carbocycles. The predicted octanol–water partition coefficient (Wildman–Crippen LogP) is 2.65. The Bertz CT molecular complexity index is 858. The van der Waals surface area contributed by atoms with Gasteiger partial charge in [0.25, 0.3) is 0 Å². The molecule has 0 spiro atoms. The summed E-state index contributed by atoms with van der Waals surface area (Å²) in [7, 11) is 0. The summed E-state index contributed by atoms with van der Waals surface area (Å²) in [5.74, 6) is -0.0512. The first kappa shape index (κ1) is 22.2. The van der Waals surface area contributed by atoms with E-state index in [0.29, 0.717) is 55.4 Å². The summed E-state index contributed by atoms with van der Waals surface area (Å²) in [5, 5.41) is 22.3. The maximum atomic E-state index is 13.9. The summed E-state index contributed by atoms with van der Waals surface area (Å²) in [6.07, 6.45) is 1.38. The van der Waals surface area contributed by atoms with E-state index in [4.69, 9.17) is 4.74 Å². The highest BCUT2D eigenvalue weighted by Crippen LogP contribution is 2.29. The maximum absolute atomic E-state index is 13.9. The number of aliphatic hydroxyl groups is 2. The number of anilines is 2. The van der Waals surface area contributed by atoms with Gasteiger partial charge in [0.15, 0.2) is 23.2 Å². The molecule has 0 unspecified atom stereocenters. The molecule has 0 atom stereocenters. The van der Waals surface area contributed by atoms with Crippen molar-refractivity contribution in [2.45, 2.75) is 51.9 Å². The van der Waals surface area contributed by atoms with Crippen molar-refractivity contribution in [2.24, 2.45) is 0 Å². The standard InChI is InChI=1S/C21H28F2N4O3/c1-13(2)24-20-21(26-18(12-29)17(25-20)7-10-28)27-8-5-15(6-9-27)30-19-4-3-14(22)11-16(19)23/h3-4,11,13,15,28-29H,5-10,12H2,1-2H3,(H,24,25). The molecule has 0 saturated carbocycles. The molecule has 1 aliphatic rings. The molecule has 2 heterocycles. The van der Waals surface area contributed by atoms with Crippen molar-refractivity contribution in [1.82, 2.24) is 9.97 Å². The fourth-order valence-electron chi connectivity index (χ4n) is 3.45. The van der Waals surface area contributed by atoms with Crippen LogP contribution in [0.25, 0.3) is 0 Å². The minimum Gasteiger partial charge on any atom is -0.487 e. The SMILES string of the molecule is CC(C)Nc1nc(CCO)c(CO)nc1N1CCC(Oc2ccc(F)cc2F)CC1. The molecular weight excluding hydrogens is 394 g/mol. The Kier molecular flexibility index (Phi) is 7.38. The van der Waals surface area contributed by atoms with Crippen LogP contribution in [-0.2, 0) is 13.0 Å². The Morgan fingerprint density at radius 3 is 2.50 bits per heavy atom. The van der Waals surface area contributed by atoms with Gasteiger partial charge in [-0.05, 0) is 26.0 Å². The van der Waals surface area contributed by atoms with E-state index in [1.807, 2.05) is 13.8 Å². The number of nitrogens with one attached hydrogen (secondary N) is 1. The summed E-state index contributed by atoms with van der Waals surface area (Å²) in [5.41, 5.74) is 1.01. The topological polar surface area (TPSA) is 90.7 Å². The number of aromatic nitrogens is 2. The van der Waals surface area contributed by atoms with Crippen LogP contribution in [0, 0.1) is 11.6 Å². The van der Waals surface area contributed by atoms with E-state index in [2.05, 4.69) is 20.2 Å². The number of rotatable bonds is 8. The third-order valence-electron chi connectivity index (χ3n) is 4.89. The summed E-state index contributed by atoms with van der Waals surface area (Å²) in [6.45, 7) is 4.87. The fourth-order valence-corrected chi connectivity index (χ4v) is 3.45. The molecule has 9 heteroatoms. The Labute approximate surface area is 174 Å². The smallest absolute Gasteiger partial charge is 0.172 e. The second-order valence-electron chi connectivity index (χ2n) is 7.60. The predicted molar refractivity (Wildman–Crippen MR) is 110 cm³/mol. The van der Waals surface area contributed by atoms with E-state index >= 15 is 0 Å². The van der Waals surface area contributed by atoms with Gasteiger partial charge >= 0.3 is 0 Å². The molecule has 0 radical (unpaired) electrons. The quantitative estimate of drug-likeness (QED) is 0.603. The van der Waals surface area contributed by atoms with Crippen LogP contribution in [0.15, 0.2) is 18.2 Å². The van der Waals surface area contributed by atoms with Crippen LogP contribution in [0.1, 0.15) is 38.1 Å². The average molecular weight is 422 g/mol. The van der Waals surface area contributed by atoms with Crippen LogP contribution in [0.4, 0.5) is 20.4 Å². The Morgan fingerprint density at radius 1 is 1.17 bits per heavy atom. The number of halogens is 2. The second-order valence-corrected chi connectivity index (χ2v) is 7.60. The number of ether oxygens (including phenoxy) is 1. The molecule has 0 bridgehead atoms. The Balaban J connectivity index is 1.74. The van der Waals surface area contributed by atoms with Crippen molar-refractivity contribution in [3.05, 3.63) is 41.2 Å². The van der Waals surface area contributed by atoms with E-state index in [-0.39, 0.29) is 31.1 Å². The van der Waals surface area contributed by atoms with Gasteiger partial charge in [-0.1, -0.05) is 0 Å². The number of hydrogen-bond acceptors (Lipinski definition) is 7. The third kappa shape index (κ3) is 5.34. The maximum Gasteiger partial charge on any atom is 0.172 e. The summed E-state index contributed by atoms with van der Waals surface area (Å²) < 4.78 is 32.7. The van der Waals surface area contributed by atoms with Crippen LogP contribution in [-0.4, -0.2) is 52.0 Å². The van der Waals surface area contributed by atoms with E-state index in [9.17, 15) is 19.0 Å². The lowest BCUT2D eigenvalue weighted by molar-refractivity contribution is 0.163. The lowest BCUT2D eigenvalue weighted by atomic mass is 10.1. The third-order valence-corrected chi connectivity index (χ3v) is 4.89. The van der Waals surface area contributed by atoms with Gasteiger partial charge < -0.3 is 25.2 Å². The van der Waals surface area contributed by atoms with E-state index in [1.54, 1.807) is 0 Å². The first-order chi connectivity index (χ1) is 14.4. The zero-order chi connectivity index (χ0) is 21.7. The van der Waals surface area contributed by atoms with Gasteiger partial charge in [0.1, 0.15) is 11.9 Å². The van der Waals surface area contributed by atoms with E-state index in [1.165, 1.54) is 12.1 Å². The van der Waals surface area contributed by atoms with E-state index in [0.717, 1.165) is 6.07 Å². The van der Waals surface area contributed by atoms with Crippen molar-refractivity contribution < 1.29 is 23.7 Å². The molecule has 164 valence electrons. The molecule has 1 fully saturated rings. The van der Waals surface area contributed by atoms with Crippen molar-refractivity contribution >= 4 is 11.6 Å². The summed E-state index contributed by atoms with van der Waals surface area (Å²) in [4.78, 5) is 11.3. The van der Waals surface area contributed by atoms with E-state index < -0.39 is 11.6 Å². The molecule has 1 aromatic heterocycles. The largest absolute Gasteiger partial charge is 0.487 e. The summed E-state index contributed by atoms with van der Waals surface area (Å²) >= 11 is 0. The molecule has 1 aromatic carbocycles. The summed E-state index contributed by atoms with van der Waals surface area (Å²) in [6, 6.07) is 3.42. The second kappa shape index (κ2) is 9.99. The van der Waals surface area contributed by atoms with Gasteiger partial charge in [0.2, 0.25) is 0 Å². The zero-order valence-electron chi connectivity index (χ0n) is 17.2. The van der Waals surface area contributed by atoms with Crippen LogP contribution < -0.4 is 15.0 Å². The molecule has 3 rings (SSSR count). The molecule has 1 aliphatic heterocycles. The van der Waals surface area contributed by atoms with Crippen molar-refractivity contribution in [3.63, 3.8) is 0 Å². The van der Waals surface area contributed by atoms with Crippen LogP contribution in [0.5, 0.6) is 5.75 Å². The van der Waals surface area contributed by atoms with Crippen LogP contribution in [0.3, 0.4) is 0 Å². The molecule has 2 aromatic rings. The lowest BCUT2D eigenvalue weighted by Gasteiger charge is -2.34. The number of nitrogens with zero attached hydrogens (tertiary/aromatic N) is 3. The minimum absolute atomic E-state index is 0.0488. The first-order valence-corrected chi connectivity index (χ1v) is 10.2. The Hall–Kier alpha value is -2.52. The molecule has 7 nitrogen and oxygen atoms in total. The van der Waals surface area contributed by atoms with Gasteiger partial charge in [0, 0.05) is 51.1 Å². The average Bonchev–Trinajstić information content (AvgIpc) is 2.71. The molecular formula is C21H28F2N4O3. The van der Waals surface area contributed by atoms with Crippen molar-refractivity contribution in [2.75, 3.05) is 29.9 Å². The molecule has 30 heavy (non-hydrogen) atoms.